The minimum atomic E-state index is -1.15. The predicted octanol–water partition coefficient (Wildman–Crippen LogP) is 1.55. The van der Waals surface area contributed by atoms with E-state index in [1.807, 2.05) is 33.8 Å². The van der Waals surface area contributed by atoms with Gasteiger partial charge in [-0.25, -0.2) is 0 Å². The van der Waals surface area contributed by atoms with E-state index in [0.717, 1.165) is 0 Å². The van der Waals surface area contributed by atoms with Crippen molar-refractivity contribution in [2.75, 3.05) is 0 Å². The van der Waals surface area contributed by atoms with E-state index < -0.39 is 5.60 Å². The topological polar surface area (TPSA) is 44.0 Å². The second-order valence-electron chi connectivity index (χ2n) is 3.25. The average Bonchev–Trinajstić information content (AvgIpc) is 1.85. The van der Waals surface area contributed by atoms with E-state index >= 15 is 0 Å². The molecule has 0 aliphatic rings. The Labute approximate surface area is 62.5 Å². The lowest BCUT2D eigenvalue weighted by molar-refractivity contribution is 0.00729. The number of hydrogen-bond acceptors (Lipinski definition) is 2. The molecule has 0 atom stereocenters. The van der Waals surface area contributed by atoms with E-state index in [4.69, 9.17) is 5.26 Å². The molecule has 0 aliphatic heterocycles. The molecule has 0 unspecified atom stereocenters. The van der Waals surface area contributed by atoms with E-state index in [2.05, 4.69) is 0 Å². The first kappa shape index (κ1) is 9.45. The average molecular weight is 141 g/mol. The lowest BCUT2D eigenvalue weighted by atomic mass is 9.82. The number of nitriles is 1. The summed E-state index contributed by atoms with van der Waals surface area (Å²) >= 11 is 0. The van der Waals surface area contributed by atoms with Crippen LogP contribution in [-0.2, 0) is 0 Å². The highest BCUT2D eigenvalue weighted by Gasteiger charge is 2.34. The summed E-state index contributed by atoms with van der Waals surface area (Å²) in [6, 6.07) is 1.93. The Morgan fingerprint density at radius 3 is 1.50 bits per heavy atom. The van der Waals surface area contributed by atoms with Gasteiger partial charge in [-0.1, -0.05) is 27.7 Å². The van der Waals surface area contributed by atoms with Gasteiger partial charge in [0.2, 0.25) is 0 Å². The first-order valence-corrected chi connectivity index (χ1v) is 3.58. The molecule has 2 heteroatoms. The van der Waals surface area contributed by atoms with Gasteiger partial charge in [-0.15, -0.1) is 0 Å². The Bertz CT molecular complexity index is 136. The number of nitrogens with zero attached hydrogens (tertiary/aromatic N) is 1. The van der Waals surface area contributed by atoms with Crippen molar-refractivity contribution >= 4 is 0 Å². The van der Waals surface area contributed by atoms with Crippen LogP contribution in [0.2, 0.25) is 0 Å². The van der Waals surface area contributed by atoms with E-state index in [0.29, 0.717) is 0 Å². The molecule has 1 N–H and O–H groups in total. The van der Waals surface area contributed by atoms with Crippen molar-refractivity contribution in [3.63, 3.8) is 0 Å². The molecule has 0 heterocycles. The molecule has 0 bridgehead atoms. The number of aliphatic hydroxyl groups is 1. The van der Waals surface area contributed by atoms with Crippen LogP contribution in [0.3, 0.4) is 0 Å². The summed E-state index contributed by atoms with van der Waals surface area (Å²) in [5.41, 5.74) is -1.15. The first-order chi connectivity index (χ1) is 4.45. The zero-order chi connectivity index (χ0) is 8.36. The second-order valence-corrected chi connectivity index (χ2v) is 3.25. The Hall–Kier alpha value is -0.550. The van der Waals surface area contributed by atoms with E-state index in [1.54, 1.807) is 0 Å². The standard InChI is InChI=1S/C8H15NO/c1-6(2)8(10,5-9)7(3)4/h6-7,10H,1-4H3. The highest BCUT2D eigenvalue weighted by molar-refractivity contribution is 5.04. The molecule has 0 saturated carbocycles. The fourth-order valence-corrected chi connectivity index (χ4v) is 0.925. The van der Waals surface area contributed by atoms with Crippen molar-refractivity contribution in [2.24, 2.45) is 11.8 Å². The zero-order valence-electron chi connectivity index (χ0n) is 7.05. The predicted molar refractivity (Wildman–Crippen MR) is 40.2 cm³/mol. The Morgan fingerprint density at radius 2 is 1.50 bits per heavy atom. The second kappa shape index (κ2) is 3.03. The third kappa shape index (κ3) is 1.48. The van der Waals surface area contributed by atoms with Gasteiger partial charge in [-0.2, -0.15) is 5.26 Å². The van der Waals surface area contributed by atoms with Gasteiger partial charge in [0.15, 0.2) is 5.60 Å². The van der Waals surface area contributed by atoms with Crippen molar-refractivity contribution in [3.8, 4) is 6.07 Å². The van der Waals surface area contributed by atoms with Crippen molar-refractivity contribution in [1.82, 2.24) is 0 Å². The molecule has 0 aromatic rings. The molecule has 2 nitrogen and oxygen atoms in total. The zero-order valence-corrected chi connectivity index (χ0v) is 7.05. The van der Waals surface area contributed by atoms with Crippen LogP contribution < -0.4 is 0 Å². The summed E-state index contributed by atoms with van der Waals surface area (Å²) in [4.78, 5) is 0. The third-order valence-corrected chi connectivity index (χ3v) is 1.94. The van der Waals surface area contributed by atoms with Crippen LogP contribution in [0.15, 0.2) is 0 Å². The van der Waals surface area contributed by atoms with Gasteiger partial charge in [0.05, 0.1) is 6.07 Å². The van der Waals surface area contributed by atoms with Crippen molar-refractivity contribution < 1.29 is 5.11 Å². The summed E-state index contributed by atoms with van der Waals surface area (Å²) in [6.45, 7) is 7.40. The van der Waals surface area contributed by atoms with Gasteiger partial charge < -0.3 is 5.11 Å². The lowest BCUT2D eigenvalue weighted by Crippen LogP contribution is -2.38. The van der Waals surface area contributed by atoms with Gasteiger partial charge >= 0.3 is 0 Å². The molecule has 0 saturated heterocycles. The van der Waals surface area contributed by atoms with Gasteiger partial charge in [-0.3, -0.25) is 0 Å². The summed E-state index contributed by atoms with van der Waals surface area (Å²) in [6.07, 6.45) is 0. The molecule has 0 aromatic heterocycles. The minimum Gasteiger partial charge on any atom is -0.375 e. The maximum absolute atomic E-state index is 9.61. The maximum Gasteiger partial charge on any atom is 0.155 e. The highest BCUT2D eigenvalue weighted by atomic mass is 16.3. The lowest BCUT2D eigenvalue weighted by Gasteiger charge is -2.28. The molecule has 0 radical (unpaired) electrons. The van der Waals surface area contributed by atoms with E-state index in [1.165, 1.54) is 0 Å². The molecule has 0 fully saturated rings. The molecule has 58 valence electrons. The summed E-state index contributed by atoms with van der Waals surface area (Å²) < 4.78 is 0. The van der Waals surface area contributed by atoms with Crippen LogP contribution in [0.5, 0.6) is 0 Å². The highest BCUT2D eigenvalue weighted by Crippen LogP contribution is 2.24. The van der Waals surface area contributed by atoms with Gasteiger partial charge in [0.25, 0.3) is 0 Å². The summed E-state index contributed by atoms with van der Waals surface area (Å²) in [7, 11) is 0. The monoisotopic (exact) mass is 141 g/mol. The molecule has 0 aliphatic carbocycles. The smallest absolute Gasteiger partial charge is 0.155 e. The van der Waals surface area contributed by atoms with Crippen molar-refractivity contribution in [3.05, 3.63) is 0 Å². The van der Waals surface area contributed by atoms with E-state index in [9.17, 15) is 5.11 Å². The molecule has 0 amide bonds. The van der Waals surface area contributed by atoms with Crippen LogP contribution in [0, 0.1) is 23.2 Å². The van der Waals surface area contributed by atoms with E-state index in [-0.39, 0.29) is 11.8 Å². The number of rotatable bonds is 2. The molecule has 0 spiro atoms. The summed E-state index contributed by atoms with van der Waals surface area (Å²) in [5.74, 6) is -0.00463. The normalized spacial score (nSPS) is 12.2. The minimum absolute atomic E-state index is 0.00231. The van der Waals surface area contributed by atoms with Gasteiger partial charge in [0, 0.05) is 0 Å². The fourth-order valence-electron chi connectivity index (χ4n) is 0.925. The van der Waals surface area contributed by atoms with Crippen molar-refractivity contribution in [1.29, 1.82) is 5.26 Å². The van der Waals surface area contributed by atoms with Crippen molar-refractivity contribution in [2.45, 2.75) is 33.3 Å². The van der Waals surface area contributed by atoms with Crippen LogP contribution in [-0.4, -0.2) is 10.7 Å². The number of hydrogen-bond donors (Lipinski definition) is 1. The molecular formula is C8H15NO. The van der Waals surface area contributed by atoms with Crippen LogP contribution in [0.1, 0.15) is 27.7 Å². The SMILES string of the molecule is CC(C)C(O)(C#N)C(C)C. The Balaban J connectivity index is 4.43. The largest absolute Gasteiger partial charge is 0.375 e. The maximum atomic E-state index is 9.61. The Kier molecular flexibility index (Phi) is 2.86. The first-order valence-electron chi connectivity index (χ1n) is 3.58. The fraction of sp³-hybridized carbons (Fsp3) is 0.875. The van der Waals surface area contributed by atoms with Gasteiger partial charge in [-0.05, 0) is 11.8 Å². The van der Waals surface area contributed by atoms with Gasteiger partial charge in [0.1, 0.15) is 0 Å². The Morgan fingerprint density at radius 1 is 1.20 bits per heavy atom. The van der Waals surface area contributed by atoms with Crippen LogP contribution in [0.4, 0.5) is 0 Å². The molecule has 0 rings (SSSR count). The third-order valence-electron chi connectivity index (χ3n) is 1.94. The quantitative estimate of drug-likeness (QED) is 0.593. The van der Waals surface area contributed by atoms with Crippen LogP contribution in [0.25, 0.3) is 0 Å². The molecular weight excluding hydrogens is 126 g/mol. The summed E-state index contributed by atoms with van der Waals surface area (Å²) in [5, 5.41) is 18.2. The molecule has 10 heavy (non-hydrogen) atoms. The molecule has 0 aromatic carbocycles. The van der Waals surface area contributed by atoms with Crippen LogP contribution >= 0.6 is 0 Å².